The topological polar surface area (TPSA) is 73.8 Å². The van der Waals surface area contributed by atoms with Crippen molar-refractivity contribution in [2.75, 3.05) is 26.4 Å². The van der Waals surface area contributed by atoms with Gasteiger partial charge >= 0.3 is 31.9 Å². The standard InChI is InChI=1S/4C13H21O2.Al.Li/c4*1-3-5-6-9-12(4-2)15-13-10-7-8-11-14-13;;/h4*12-13H,3,5-11H2,1H3;;/q;;;;-1;+1. The van der Waals surface area contributed by atoms with Crippen molar-refractivity contribution in [2.45, 2.75) is 257 Å². The van der Waals surface area contributed by atoms with Crippen molar-refractivity contribution in [2.24, 2.45) is 0 Å². The quantitative estimate of drug-likeness (QED) is 0.0543. The van der Waals surface area contributed by atoms with Crippen LogP contribution in [0.15, 0.2) is 0 Å². The van der Waals surface area contributed by atoms with Gasteiger partial charge in [0, 0.05) is 26.4 Å². The first kappa shape index (κ1) is 55.4. The molecule has 0 amide bonds. The minimum absolute atomic E-state index is 0. The van der Waals surface area contributed by atoms with Crippen LogP contribution in [0.1, 0.15) is 207 Å². The molecule has 0 aromatic carbocycles. The zero-order valence-electron chi connectivity index (χ0n) is 40.1. The van der Waals surface area contributed by atoms with Crippen molar-refractivity contribution >= 4 is 13.1 Å². The van der Waals surface area contributed by atoms with Crippen LogP contribution < -0.4 is 18.9 Å². The first-order chi connectivity index (χ1) is 30.0. The van der Waals surface area contributed by atoms with Gasteiger partial charge in [0.1, 0.15) is 24.4 Å². The predicted molar refractivity (Wildman–Crippen MR) is 247 cm³/mol. The zero-order chi connectivity index (χ0) is 43.1. The number of ether oxygens (including phenoxy) is 8. The number of hydrogen-bond donors (Lipinski definition) is 0. The third-order valence-corrected chi connectivity index (χ3v) is 14.3. The molecule has 10 heteroatoms. The van der Waals surface area contributed by atoms with Crippen LogP contribution in [-0.4, -0.2) is 89.1 Å². The number of rotatable bonds is 24. The van der Waals surface area contributed by atoms with Crippen molar-refractivity contribution in [3.63, 3.8) is 0 Å². The summed E-state index contributed by atoms with van der Waals surface area (Å²) < 4.78 is 51.1. The molecule has 0 radical (unpaired) electrons. The Labute approximate surface area is 394 Å². The van der Waals surface area contributed by atoms with Crippen molar-refractivity contribution in [1.82, 2.24) is 0 Å². The van der Waals surface area contributed by atoms with Crippen LogP contribution in [0, 0.1) is 42.8 Å². The van der Waals surface area contributed by atoms with E-state index in [0.29, 0.717) is 0 Å². The van der Waals surface area contributed by atoms with Gasteiger partial charge in [0.15, 0.2) is 25.2 Å². The molecule has 4 saturated heterocycles. The molecule has 0 N–H and O–H groups in total. The van der Waals surface area contributed by atoms with E-state index in [1.807, 2.05) is 0 Å². The van der Waals surface area contributed by atoms with Crippen LogP contribution in [-0.2, 0) is 37.9 Å². The van der Waals surface area contributed by atoms with Crippen LogP contribution in [0.5, 0.6) is 0 Å². The van der Waals surface area contributed by atoms with E-state index in [1.165, 1.54) is 0 Å². The minimum Gasteiger partial charge on any atom is -0.353 e. The second kappa shape index (κ2) is 35.3. The Hall–Kier alpha value is -0.950. The maximum absolute atomic E-state index is 6.67. The second-order valence-electron chi connectivity index (χ2n) is 17.7. The van der Waals surface area contributed by atoms with Crippen molar-refractivity contribution in [3.8, 4) is 42.8 Å². The Bertz CT molecular complexity index is 1180. The van der Waals surface area contributed by atoms with Crippen LogP contribution in [0.3, 0.4) is 0 Å². The fraction of sp³-hybridized carbons (Fsp3) is 0.846. The van der Waals surface area contributed by atoms with Gasteiger partial charge in [-0.3, -0.25) is 0 Å². The summed E-state index contributed by atoms with van der Waals surface area (Å²) in [5, 5.41) is 0. The summed E-state index contributed by atoms with van der Waals surface area (Å²) in [6.07, 6.45) is 26.4. The summed E-state index contributed by atoms with van der Waals surface area (Å²) in [6.45, 7) is 11.8. The van der Waals surface area contributed by atoms with E-state index in [-0.39, 0.29) is 68.4 Å². The Morgan fingerprint density at radius 2 is 0.629 bits per heavy atom. The van der Waals surface area contributed by atoms with Gasteiger partial charge in [0.05, 0.1) is 0 Å². The molecular formula is C52H84AlLiO8. The third-order valence-electron chi connectivity index (χ3n) is 11.9. The number of hydrogen-bond acceptors (Lipinski definition) is 8. The van der Waals surface area contributed by atoms with Crippen LogP contribution in [0.25, 0.3) is 0 Å². The molecule has 344 valence electrons. The third kappa shape index (κ3) is 24.0. The molecule has 0 spiro atoms. The van der Waals surface area contributed by atoms with E-state index in [2.05, 4.69) is 70.5 Å². The van der Waals surface area contributed by atoms with Gasteiger partial charge in [-0.2, -0.15) is 0 Å². The SMILES string of the molecule is CCCCCC(C#[C][Al-]([C]#CC(CCCCC)OC1CCCCO1)([C]#CC(CCCCC)OC1CCCCO1)[C]#CC(CCCCC)OC1CCCCO1)OC1CCCCO1.[Li+]. The molecule has 62 heavy (non-hydrogen) atoms. The Kier molecular flexibility index (Phi) is 31.5. The van der Waals surface area contributed by atoms with E-state index < -0.39 is 13.1 Å². The van der Waals surface area contributed by atoms with E-state index >= 15 is 0 Å². The molecule has 4 aliphatic rings. The Morgan fingerprint density at radius 3 is 0.823 bits per heavy atom. The maximum Gasteiger partial charge on any atom is 1.00 e. The van der Waals surface area contributed by atoms with Crippen LogP contribution in [0.4, 0.5) is 0 Å². The second-order valence-corrected chi connectivity index (χ2v) is 20.6. The van der Waals surface area contributed by atoms with E-state index in [4.69, 9.17) is 37.9 Å². The molecule has 8 atom stereocenters. The Balaban J connectivity index is 0.0000102. The monoisotopic (exact) mass is 871 g/mol. The van der Waals surface area contributed by atoms with Crippen LogP contribution >= 0.6 is 0 Å². The van der Waals surface area contributed by atoms with Crippen molar-refractivity contribution in [3.05, 3.63) is 0 Å². The smallest absolute Gasteiger partial charge is 0.353 e. The van der Waals surface area contributed by atoms with E-state index in [1.54, 1.807) is 0 Å². The summed E-state index contributed by atoms with van der Waals surface area (Å²) in [7, 11) is 0. The molecule has 0 bridgehead atoms. The molecule has 4 rings (SSSR count). The molecular weight excluding hydrogens is 786 g/mol. The van der Waals surface area contributed by atoms with Gasteiger partial charge in [-0.05, 0) is 128 Å². The average Bonchev–Trinajstić information content (AvgIpc) is 3.29. The normalized spacial score (nSPS) is 24.3. The van der Waals surface area contributed by atoms with Crippen LogP contribution in [0.2, 0.25) is 0 Å². The van der Waals surface area contributed by atoms with Gasteiger partial charge in [-0.1, -0.05) is 79.1 Å². The fourth-order valence-corrected chi connectivity index (χ4v) is 10.3. The van der Waals surface area contributed by atoms with Gasteiger partial charge in [0.25, 0.3) is 0 Å². The summed E-state index contributed by atoms with van der Waals surface area (Å²) in [5.41, 5.74) is 0. The molecule has 0 aromatic heterocycles. The van der Waals surface area contributed by atoms with E-state index in [0.717, 1.165) is 206 Å². The maximum atomic E-state index is 6.67. The zero-order valence-corrected chi connectivity index (χ0v) is 41.2. The molecule has 8 nitrogen and oxygen atoms in total. The Morgan fingerprint density at radius 1 is 0.387 bits per heavy atom. The van der Waals surface area contributed by atoms with Gasteiger partial charge < -0.3 is 57.0 Å². The molecule has 0 aromatic rings. The summed E-state index contributed by atoms with van der Waals surface area (Å²) in [6, 6.07) is 0. The summed E-state index contributed by atoms with van der Waals surface area (Å²) in [5.74, 6) is 14.6. The van der Waals surface area contributed by atoms with Crippen molar-refractivity contribution < 1.29 is 56.8 Å². The molecule has 0 saturated carbocycles. The summed E-state index contributed by atoms with van der Waals surface area (Å²) >= 11 is -3.85. The van der Waals surface area contributed by atoms with E-state index in [9.17, 15) is 0 Å². The number of unbranched alkanes of at least 4 members (excludes halogenated alkanes) is 8. The minimum atomic E-state index is -3.85. The molecule has 4 fully saturated rings. The largest absolute Gasteiger partial charge is 1.00 e. The average molecular weight is 871 g/mol. The summed E-state index contributed by atoms with van der Waals surface area (Å²) in [4.78, 5) is 15.1. The fourth-order valence-electron chi connectivity index (χ4n) is 8.11. The van der Waals surface area contributed by atoms with Gasteiger partial charge in [-0.15, -0.1) is 23.7 Å². The molecule has 4 aliphatic heterocycles. The molecule has 8 unspecified atom stereocenters. The van der Waals surface area contributed by atoms with Gasteiger partial charge in [0.2, 0.25) is 0 Å². The molecule has 0 aliphatic carbocycles. The van der Waals surface area contributed by atoms with Gasteiger partial charge in [-0.25, -0.2) is 0 Å². The predicted octanol–water partition coefficient (Wildman–Crippen LogP) is 8.58. The van der Waals surface area contributed by atoms with Crippen molar-refractivity contribution in [1.29, 1.82) is 0 Å². The molecule has 4 heterocycles. The first-order valence-electron chi connectivity index (χ1n) is 25.4. The first-order valence-corrected chi connectivity index (χ1v) is 27.7.